The highest BCUT2D eigenvalue weighted by Gasteiger charge is 2.28. The number of carbonyl (C=O) groups excluding carboxylic acids is 2. The molecule has 0 bridgehead atoms. The van der Waals surface area contributed by atoms with Gasteiger partial charge in [0.2, 0.25) is 0 Å². The Labute approximate surface area is 183 Å². The highest BCUT2D eigenvalue weighted by molar-refractivity contribution is 5.97. The molecule has 1 aromatic heterocycles. The summed E-state index contributed by atoms with van der Waals surface area (Å²) in [5, 5.41) is 0. The minimum absolute atomic E-state index is 0.0668. The third kappa shape index (κ3) is 3.88. The molecule has 0 saturated carbocycles. The zero-order valence-electron chi connectivity index (χ0n) is 17.7. The quantitative estimate of drug-likeness (QED) is 0.614. The summed E-state index contributed by atoms with van der Waals surface area (Å²) in [6.07, 6.45) is 0. The minimum Gasteiger partial charge on any atom is -0.335 e. The standard InChI is InChI=1S/C24H22F3N3O2/c1-15-13-18(16(2)30(15)22-6-4-3-5-20(22)26)24(32)29-11-9-28(10-12-29)23(31)17-7-8-19(25)21(27)14-17/h3-8,13-14H,9-12H2,1-2H3. The number of halogens is 3. The molecule has 0 unspecified atom stereocenters. The Morgan fingerprint density at radius 2 is 1.38 bits per heavy atom. The van der Waals surface area contributed by atoms with Crippen molar-refractivity contribution >= 4 is 11.8 Å². The number of aryl methyl sites for hydroxylation is 1. The summed E-state index contributed by atoms with van der Waals surface area (Å²) in [4.78, 5) is 28.9. The number of aromatic nitrogens is 1. The number of hydrogen-bond acceptors (Lipinski definition) is 2. The van der Waals surface area contributed by atoms with E-state index in [0.717, 1.165) is 17.8 Å². The van der Waals surface area contributed by atoms with Gasteiger partial charge in [-0.15, -0.1) is 0 Å². The summed E-state index contributed by atoms with van der Waals surface area (Å²) < 4.78 is 42.6. The summed E-state index contributed by atoms with van der Waals surface area (Å²) in [7, 11) is 0. The van der Waals surface area contributed by atoms with Crippen LogP contribution in [0.15, 0.2) is 48.5 Å². The average molecular weight is 441 g/mol. The molecule has 2 heterocycles. The maximum absolute atomic E-state index is 14.3. The maximum Gasteiger partial charge on any atom is 0.255 e. The van der Waals surface area contributed by atoms with Gasteiger partial charge in [0.05, 0.1) is 11.3 Å². The lowest BCUT2D eigenvalue weighted by Crippen LogP contribution is -2.50. The number of hydrogen-bond donors (Lipinski definition) is 0. The third-order valence-electron chi connectivity index (χ3n) is 5.78. The normalized spacial score (nSPS) is 14.0. The van der Waals surface area contributed by atoms with E-state index < -0.39 is 17.5 Å². The van der Waals surface area contributed by atoms with Gasteiger partial charge in [-0.2, -0.15) is 0 Å². The van der Waals surface area contributed by atoms with Gasteiger partial charge >= 0.3 is 0 Å². The van der Waals surface area contributed by atoms with Gasteiger partial charge < -0.3 is 14.4 Å². The number of benzene rings is 2. The summed E-state index contributed by atoms with van der Waals surface area (Å²) in [5.74, 6) is -3.06. The first-order valence-corrected chi connectivity index (χ1v) is 10.3. The van der Waals surface area contributed by atoms with Gasteiger partial charge in [0, 0.05) is 43.1 Å². The van der Waals surface area contributed by atoms with Crippen LogP contribution in [0.25, 0.3) is 5.69 Å². The summed E-state index contributed by atoms with van der Waals surface area (Å²) in [5.41, 5.74) is 2.30. The molecule has 0 atom stereocenters. The molecule has 8 heteroatoms. The molecule has 0 aliphatic carbocycles. The summed E-state index contributed by atoms with van der Waals surface area (Å²) in [6.45, 7) is 4.74. The maximum atomic E-state index is 14.3. The first kappa shape index (κ1) is 21.7. The fourth-order valence-electron chi connectivity index (χ4n) is 4.08. The SMILES string of the molecule is Cc1cc(C(=O)N2CCN(C(=O)c3ccc(F)c(F)c3)CC2)c(C)n1-c1ccccc1F. The van der Waals surface area contributed by atoms with E-state index in [1.807, 2.05) is 6.92 Å². The molecule has 0 N–H and O–H groups in total. The van der Waals surface area contributed by atoms with Gasteiger partial charge in [-0.1, -0.05) is 12.1 Å². The number of piperazine rings is 1. The summed E-state index contributed by atoms with van der Waals surface area (Å²) >= 11 is 0. The molecular weight excluding hydrogens is 419 g/mol. The van der Waals surface area contributed by atoms with Crippen LogP contribution < -0.4 is 0 Å². The van der Waals surface area contributed by atoms with Crippen molar-refractivity contribution in [2.24, 2.45) is 0 Å². The molecule has 0 radical (unpaired) electrons. The van der Waals surface area contributed by atoms with E-state index in [2.05, 4.69) is 0 Å². The predicted octanol–water partition coefficient (Wildman–Crippen LogP) is 4.11. The lowest BCUT2D eigenvalue weighted by molar-refractivity contribution is 0.0534. The first-order chi connectivity index (χ1) is 15.3. The van der Waals surface area contributed by atoms with Crippen LogP contribution in [-0.4, -0.2) is 52.4 Å². The molecule has 32 heavy (non-hydrogen) atoms. The van der Waals surface area contributed by atoms with Crippen LogP contribution in [0.3, 0.4) is 0 Å². The van der Waals surface area contributed by atoms with Gasteiger partial charge in [-0.25, -0.2) is 13.2 Å². The van der Waals surface area contributed by atoms with Gasteiger partial charge in [0.25, 0.3) is 11.8 Å². The van der Waals surface area contributed by atoms with E-state index in [1.165, 1.54) is 17.0 Å². The lowest BCUT2D eigenvalue weighted by Gasteiger charge is -2.35. The van der Waals surface area contributed by atoms with Crippen molar-refractivity contribution in [3.63, 3.8) is 0 Å². The minimum atomic E-state index is -1.07. The number of amides is 2. The van der Waals surface area contributed by atoms with E-state index in [-0.39, 0.29) is 30.4 Å². The number of nitrogens with zero attached hydrogens (tertiary/aromatic N) is 3. The van der Waals surface area contributed by atoms with Crippen LogP contribution in [-0.2, 0) is 0 Å². The van der Waals surface area contributed by atoms with Crippen LogP contribution in [0.5, 0.6) is 0 Å². The summed E-state index contributed by atoms with van der Waals surface area (Å²) in [6, 6.07) is 11.2. The Balaban J connectivity index is 1.48. The van der Waals surface area contributed by atoms with Crippen LogP contribution in [0.2, 0.25) is 0 Å². The smallest absolute Gasteiger partial charge is 0.255 e. The second-order valence-corrected chi connectivity index (χ2v) is 7.78. The fraction of sp³-hybridized carbons (Fsp3) is 0.250. The number of rotatable bonds is 3. The van der Waals surface area contributed by atoms with Gasteiger partial charge in [0.15, 0.2) is 11.6 Å². The van der Waals surface area contributed by atoms with Crippen molar-refractivity contribution in [2.45, 2.75) is 13.8 Å². The van der Waals surface area contributed by atoms with Crippen molar-refractivity contribution in [3.8, 4) is 5.69 Å². The zero-order valence-corrected chi connectivity index (χ0v) is 17.7. The fourth-order valence-corrected chi connectivity index (χ4v) is 4.08. The molecule has 5 nitrogen and oxygen atoms in total. The van der Waals surface area contributed by atoms with E-state index in [9.17, 15) is 22.8 Å². The van der Waals surface area contributed by atoms with Gasteiger partial charge in [0.1, 0.15) is 5.82 Å². The largest absolute Gasteiger partial charge is 0.335 e. The molecule has 166 valence electrons. The van der Waals surface area contributed by atoms with E-state index in [0.29, 0.717) is 30.0 Å². The molecule has 3 aromatic rings. The first-order valence-electron chi connectivity index (χ1n) is 10.3. The van der Waals surface area contributed by atoms with Crippen molar-refractivity contribution in [1.29, 1.82) is 0 Å². The number of para-hydroxylation sites is 1. The molecular formula is C24H22F3N3O2. The van der Waals surface area contributed by atoms with E-state index >= 15 is 0 Å². The molecule has 2 amide bonds. The second-order valence-electron chi connectivity index (χ2n) is 7.78. The molecule has 2 aromatic carbocycles. The van der Waals surface area contributed by atoms with Crippen molar-refractivity contribution < 1.29 is 22.8 Å². The van der Waals surface area contributed by atoms with Crippen molar-refractivity contribution in [1.82, 2.24) is 14.4 Å². The molecule has 1 aliphatic rings. The Morgan fingerprint density at radius 3 is 2.00 bits per heavy atom. The van der Waals surface area contributed by atoms with Crippen LogP contribution >= 0.6 is 0 Å². The Bertz CT molecular complexity index is 1200. The molecule has 0 spiro atoms. The molecule has 1 saturated heterocycles. The van der Waals surface area contributed by atoms with Crippen molar-refractivity contribution in [3.05, 3.63) is 88.5 Å². The monoisotopic (exact) mass is 441 g/mol. The second kappa shape index (κ2) is 8.53. The Kier molecular flexibility index (Phi) is 5.78. The van der Waals surface area contributed by atoms with Crippen LogP contribution in [0.4, 0.5) is 13.2 Å². The molecule has 1 fully saturated rings. The predicted molar refractivity (Wildman–Crippen MR) is 113 cm³/mol. The van der Waals surface area contributed by atoms with Crippen LogP contribution in [0.1, 0.15) is 32.1 Å². The zero-order chi connectivity index (χ0) is 23.0. The van der Waals surface area contributed by atoms with Crippen molar-refractivity contribution in [2.75, 3.05) is 26.2 Å². The number of carbonyl (C=O) groups is 2. The Morgan fingerprint density at radius 1 is 0.750 bits per heavy atom. The molecule has 1 aliphatic heterocycles. The Hall–Kier alpha value is -3.55. The van der Waals surface area contributed by atoms with E-state index in [4.69, 9.17) is 0 Å². The van der Waals surface area contributed by atoms with Crippen LogP contribution in [0, 0.1) is 31.3 Å². The lowest BCUT2D eigenvalue weighted by atomic mass is 10.1. The highest BCUT2D eigenvalue weighted by Crippen LogP contribution is 2.24. The third-order valence-corrected chi connectivity index (χ3v) is 5.78. The molecule has 4 rings (SSSR count). The van der Waals surface area contributed by atoms with Gasteiger partial charge in [-0.05, 0) is 50.2 Å². The topological polar surface area (TPSA) is 45.6 Å². The average Bonchev–Trinajstić information content (AvgIpc) is 3.09. The highest BCUT2D eigenvalue weighted by atomic mass is 19.2. The van der Waals surface area contributed by atoms with Gasteiger partial charge in [-0.3, -0.25) is 9.59 Å². The van der Waals surface area contributed by atoms with E-state index in [1.54, 1.807) is 40.7 Å².